The maximum Gasteiger partial charge on any atom is 0.312 e. The molecule has 1 aromatic carbocycles. The minimum atomic E-state index is -0.220. The molecule has 0 aromatic heterocycles. The van der Waals surface area contributed by atoms with Gasteiger partial charge in [-0.05, 0) is 61.8 Å². The van der Waals surface area contributed by atoms with Gasteiger partial charge in [0.15, 0.2) is 0 Å². The highest BCUT2D eigenvalue weighted by atomic mass is 16.5. The molecular formula is C20H28O2. The summed E-state index contributed by atoms with van der Waals surface area (Å²) in [5, 5.41) is 0. The Labute approximate surface area is 134 Å². The van der Waals surface area contributed by atoms with Crippen LogP contribution >= 0.6 is 0 Å². The van der Waals surface area contributed by atoms with Crippen molar-refractivity contribution in [1.82, 2.24) is 0 Å². The van der Waals surface area contributed by atoms with Gasteiger partial charge in [-0.3, -0.25) is 4.79 Å². The largest absolute Gasteiger partial charge is 0.460 e. The average Bonchev–Trinajstić information content (AvgIpc) is 2.52. The Morgan fingerprint density at radius 1 is 1.14 bits per heavy atom. The predicted octanol–water partition coefficient (Wildman–Crippen LogP) is 4.97. The van der Waals surface area contributed by atoms with E-state index in [0.29, 0.717) is 6.61 Å². The minimum absolute atomic E-state index is 0.0445. The molecular weight excluding hydrogens is 272 g/mol. The molecule has 2 aliphatic rings. The molecule has 2 nitrogen and oxygen atoms in total. The summed E-state index contributed by atoms with van der Waals surface area (Å²) in [5.41, 5.74) is 0.856. The Kier molecular flexibility index (Phi) is 4.56. The van der Waals surface area contributed by atoms with Crippen LogP contribution in [0.15, 0.2) is 30.3 Å². The van der Waals surface area contributed by atoms with Gasteiger partial charge in [-0.2, -0.15) is 0 Å². The predicted molar refractivity (Wildman–Crippen MR) is 88.2 cm³/mol. The Morgan fingerprint density at radius 3 is 2.36 bits per heavy atom. The van der Waals surface area contributed by atoms with Crippen molar-refractivity contribution in [2.45, 2.75) is 59.0 Å². The third-order valence-corrected chi connectivity index (χ3v) is 5.82. The molecule has 22 heavy (non-hydrogen) atoms. The zero-order valence-corrected chi connectivity index (χ0v) is 13.9. The summed E-state index contributed by atoms with van der Waals surface area (Å²) in [6.07, 6.45) is 6.92. The number of carbonyl (C=O) groups excluding carboxylic acids is 1. The standard InChI is InChI=1S/C20H28O2/c1-3-20(12-17-9-15(2)10-18(11-17)13-20)19(21)22-14-16-7-5-4-6-8-16/h4-8,15,17-18H,3,9-14H2,1-2H3. The number of carbonyl (C=O) groups is 1. The Bertz CT molecular complexity index is 490. The molecule has 2 bridgehead atoms. The molecule has 0 heterocycles. The van der Waals surface area contributed by atoms with Crippen LogP contribution < -0.4 is 0 Å². The highest BCUT2D eigenvalue weighted by molar-refractivity contribution is 5.77. The van der Waals surface area contributed by atoms with Crippen molar-refractivity contribution in [2.75, 3.05) is 0 Å². The molecule has 0 amide bonds. The van der Waals surface area contributed by atoms with E-state index in [1.165, 1.54) is 19.3 Å². The van der Waals surface area contributed by atoms with Gasteiger partial charge in [0.2, 0.25) is 0 Å². The van der Waals surface area contributed by atoms with Crippen LogP contribution in [0, 0.1) is 23.2 Å². The van der Waals surface area contributed by atoms with E-state index in [1.54, 1.807) is 0 Å². The van der Waals surface area contributed by atoms with Gasteiger partial charge in [0.1, 0.15) is 6.61 Å². The zero-order valence-electron chi connectivity index (χ0n) is 13.9. The second-order valence-corrected chi connectivity index (χ2v) is 7.65. The molecule has 2 heteroatoms. The molecule has 0 saturated heterocycles. The van der Waals surface area contributed by atoms with Gasteiger partial charge >= 0.3 is 5.97 Å². The van der Waals surface area contributed by atoms with Crippen molar-refractivity contribution < 1.29 is 9.53 Å². The third kappa shape index (κ3) is 3.21. The van der Waals surface area contributed by atoms with E-state index in [-0.39, 0.29) is 11.4 Å². The van der Waals surface area contributed by atoms with Crippen LogP contribution in [0.3, 0.4) is 0 Å². The highest BCUT2D eigenvalue weighted by Crippen LogP contribution is 2.52. The molecule has 3 rings (SSSR count). The van der Waals surface area contributed by atoms with E-state index in [4.69, 9.17) is 4.74 Å². The van der Waals surface area contributed by atoms with Crippen molar-refractivity contribution in [1.29, 1.82) is 0 Å². The molecule has 0 radical (unpaired) electrons. The summed E-state index contributed by atoms with van der Waals surface area (Å²) in [6, 6.07) is 10.0. The molecule has 2 atom stereocenters. The number of fused-ring (bicyclic) bond motifs is 2. The van der Waals surface area contributed by atoms with E-state index in [2.05, 4.69) is 13.8 Å². The first-order valence-corrected chi connectivity index (χ1v) is 8.82. The molecule has 2 unspecified atom stereocenters. The number of rotatable bonds is 4. The van der Waals surface area contributed by atoms with Gasteiger partial charge in [0.05, 0.1) is 5.41 Å². The fraction of sp³-hybridized carbons (Fsp3) is 0.650. The first-order valence-electron chi connectivity index (χ1n) is 8.82. The molecule has 2 saturated carbocycles. The number of hydrogen-bond acceptors (Lipinski definition) is 2. The number of benzene rings is 1. The van der Waals surface area contributed by atoms with E-state index >= 15 is 0 Å². The monoisotopic (exact) mass is 300 g/mol. The van der Waals surface area contributed by atoms with Gasteiger partial charge < -0.3 is 4.74 Å². The third-order valence-electron chi connectivity index (χ3n) is 5.82. The van der Waals surface area contributed by atoms with Crippen molar-refractivity contribution >= 4 is 5.97 Å². The van der Waals surface area contributed by atoms with E-state index in [9.17, 15) is 4.79 Å². The number of ether oxygens (including phenoxy) is 1. The summed E-state index contributed by atoms with van der Waals surface area (Å²) in [6.45, 7) is 4.94. The van der Waals surface area contributed by atoms with E-state index < -0.39 is 0 Å². The van der Waals surface area contributed by atoms with Crippen LogP contribution in [0.4, 0.5) is 0 Å². The lowest BCUT2D eigenvalue weighted by Crippen LogP contribution is -2.43. The van der Waals surface area contributed by atoms with Gasteiger partial charge in [-0.15, -0.1) is 0 Å². The van der Waals surface area contributed by atoms with Crippen molar-refractivity contribution in [3.63, 3.8) is 0 Å². The first kappa shape index (κ1) is 15.6. The summed E-state index contributed by atoms with van der Waals surface area (Å²) in [7, 11) is 0. The smallest absolute Gasteiger partial charge is 0.312 e. The summed E-state index contributed by atoms with van der Waals surface area (Å²) >= 11 is 0. The normalized spacial score (nSPS) is 34.2. The lowest BCUT2D eigenvalue weighted by atomic mass is 9.58. The van der Waals surface area contributed by atoms with Crippen molar-refractivity contribution in [2.24, 2.45) is 23.2 Å². The molecule has 120 valence electrons. The van der Waals surface area contributed by atoms with Gasteiger partial charge in [0.25, 0.3) is 0 Å². The fourth-order valence-corrected chi connectivity index (χ4v) is 4.90. The maximum atomic E-state index is 12.8. The summed E-state index contributed by atoms with van der Waals surface area (Å²) in [4.78, 5) is 12.8. The van der Waals surface area contributed by atoms with Crippen LogP contribution in [0.5, 0.6) is 0 Å². The fourth-order valence-electron chi connectivity index (χ4n) is 4.90. The van der Waals surface area contributed by atoms with Gasteiger partial charge in [-0.1, -0.05) is 44.2 Å². The lowest BCUT2D eigenvalue weighted by molar-refractivity contribution is -0.164. The quantitative estimate of drug-likeness (QED) is 0.734. The molecule has 0 N–H and O–H groups in total. The Hall–Kier alpha value is -1.31. The van der Waals surface area contributed by atoms with Crippen LogP contribution in [0.25, 0.3) is 0 Å². The molecule has 2 fully saturated rings. The maximum absolute atomic E-state index is 12.8. The lowest BCUT2D eigenvalue weighted by Gasteiger charge is -2.47. The van der Waals surface area contributed by atoms with Crippen molar-refractivity contribution in [3.8, 4) is 0 Å². The molecule has 0 spiro atoms. The minimum Gasteiger partial charge on any atom is -0.460 e. The highest BCUT2D eigenvalue weighted by Gasteiger charge is 2.48. The van der Waals surface area contributed by atoms with Crippen LogP contribution in [-0.4, -0.2) is 5.97 Å². The summed E-state index contributed by atoms with van der Waals surface area (Å²) < 4.78 is 5.71. The Balaban J connectivity index is 1.66. The Morgan fingerprint density at radius 2 is 1.77 bits per heavy atom. The second-order valence-electron chi connectivity index (χ2n) is 7.65. The second kappa shape index (κ2) is 6.44. The first-order chi connectivity index (χ1) is 10.6. The number of hydrogen-bond donors (Lipinski definition) is 0. The molecule has 2 aliphatic carbocycles. The topological polar surface area (TPSA) is 26.3 Å². The molecule has 0 aliphatic heterocycles. The van der Waals surface area contributed by atoms with Crippen molar-refractivity contribution in [3.05, 3.63) is 35.9 Å². The number of esters is 1. The SMILES string of the molecule is CCC1(C(=O)OCc2ccccc2)CC2CC(C)CC(C2)C1. The molecule has 1 aromatic rings. The van der Waals surface area contributed by atoms with Crippen LogP contribution in [0.2, 0.25) is 0 Å². The average molecular weight is 300 g/mol. The van der Waals surface area contributed by atoms with Gasteiger partial charge in [-0.25, -0.2) is 0 Å². The van der Waals surface area contributed by atoms with E-state index in [0.717, 1.165) is 42.6 Å². The van der Waals surface area contributed by atoms with Crippen LogP contribution in [0.1, 0.15) is 57.9 Å². The van der Waals surface area contributed by atoms with Crippen LogP contribution in [-0.2, 0) is 16.1 Å². The van der Waals surface area contributed by atoms with E-state index in [1.807, 2.05) is 30.3 Å². The zero-order chi connectivity index (χ0) is 15.6. The van der Waals surface area contributed by atoms with Gasteiger partial charge in [0, 0.05) is 0 Å². The summed E-state index contributed by atoms with van der Waals surface area (Å²) in [5.74, 6) is 2.33.